The Morgan fingerprint density at radius 1 is 1.06 bits per heavy atom. The lowest BCUT2D eigenvalue weighted by molar-refractivity contribution is 0.0993. The van der Waals surface area contributed by atoms with Crippen molar-refractivity contribution in [1.29, 1.82) is 0 Å². The van der Waals surface area contributed by atoms with Crippen molar-refractivity contribution in [2.24, 2.45) is 0 Å². The van der Waals surface area contributed by atoms with E-state index < -0.39 is 0 Å². The summed E-state index contributed by atoms with van der Waals surface area (Å²) >= 11 is 0. The van der Waals surface area contributed by atoms with Crippen molar-refractivity contribution in [1.82, 2.24) is 14.7 Å². The average molecular weight is 439 g/mol. The molecule has 8 heteroatoms. The Kier molecular flexibility index (Phi) is 7.11. The van der Waals surface area contributed by atoms with Gasteiger partial charge in [0.15, 0.2) is 17.3 Å². The molecule has 170 valence electrons. The van der Waals surface area contributed by atoms with Crippen LogP contribution in [0.15, 0.2) is 47.1 Å². The number of hydrogen-bond donors (Lipinski definition) is 1. The van der Waals surface area contributed by atoms with Crippen LogP contribution in [0.25, 0.3) is 0 Å². The summed E-state index contributed by atoms with van der Waals surface area (Å²) in [6.07, 6.45) is 5.87. The van der Waals surface area contributed by atoms with Crippen LogP contribution in [0, 0.1) is 0 Å². The fraction of sp³-hybridized carbons (Fsp3) is 0.417. The molecule has 0 radical (unpaired) electrons. The number of anilines is 1. The topological polar surface area (TPSA) is 81.8 Å². The third kappa shape index (κ3) is 5.50. The maximum absolute atomic E-state index is 12.6. The van der Waals surface area contributed by atoms with E-state index in [2.05, 4.69) is 15.3 Å². The minimum Gasteiger partial charge on any atom is -0.490 e. The molecule has 1 aliphatic heterocycles. The number of furan rings is 1. The second-order valence-electron chi connectivity index (χ2n) is 7.78. The zero-order chi connectivity index (χ0) is 22.3. The summed E-state index contributed by atoms with van der Waals surface area (Å²) in [4.78, 5) is 14.9. The van der Waals surface area contributed by atoms with Crippen LogP contribution in [0.4, 0.5) is 5.69 Å². The lowest BCUT2D eigenvalue weighted by atomic mass is 10.2. The molecule has 4 rings (SSSR count). The summed E-state index contributed by atoms with van der Waals surface area (Å²) in [5.41, 5.74) is 1.64. The van der Waals surface area contributed by atoms with E-state index in [1.54, 1.807) is 23.1 Å². The number of benzene rings is 1. The summed E-state index contributed by atoms with van der Waals surface area (Å²) < 4.78 is 18.8. The lowest BCUT2D eigenvalue weighted by Gasteiger charge is -2.12. The third-order valence-corrected chi connectivity index (χ3v) is 5.31. The summed E-state index contributed by atoms with van der Waals surface area (Å²) in [6, 6.07) is 9.45. The van der Waals surface area contributed by atoms with Gasteiger partial charge in [0.25, 0.3) is 5.91 Å². The fourth-order valence-electron chi connectivity index (χ4n) is 3.83. The van der Waals surface area contributed by atoms with Gasteiger partial charge in [-0.05, 0) is 69.6 Å². The number of rotatable bonds is 10. The second kappa shape index (κ2) is 10.4. The van der Waals surface area contributed by atoms with Gasteiger partial charge in [0.05, 0.1) is 38.2 Å². The highest BCUT2D eigenvalue weighted by Crippen LogP contribution is 2.29. The number of likely N-dealkylation sites (tertiary alicyclic amines) is 1. The minimum atomic E-state index is -0.281. The van der Waals surface area contributed by atoms with Crippen LogP contribution in [0.1, 0.15) is 48.6 Å². The SMILES string of the molecule is CCOc1ccc(Cn2cc(NC(=O)c3ccc(CN4CCCC4)o3)cn2)cc1OCC. The monoisotopic (exact) mass is 438 g/mol. The number of carbonyl (C=O) groups excluding carboxylic acids is 1. The van der Waals surface area contributed by atoms with Crippen LogP contribution in [0.5, 0.6) is 11.5 Å². The quantitative estimate of drug-likeness (QED) is 0.512. The van der Waals surface area contributed by atoms with Gasteiger partial charge in [0.1, 0.15) is 5.76 Å². The van der Waals surface area contributed by atoms with Crippen molar-refractivity contribution in [2.75, 3.05) is 31.6 Å². The normalized spacial score (nSPS) is 13.9. The Balaban J connectivity index is 1.36. The van der Waals surface area contributed by atoms with Crippen molar-refractivity contribution in [3.63, 3.8) is 0 Å². The highest BCUT2D eigenvalue weighted by Gasteiger charge is 2.17. The van der Waals surface area contributed by atoms with Gasteiger partial charge in [-0.25, -0.2) is 0 Å². The van der Waals surface area contributed by atoms with Gasteiger partial charge < -0.3 is 19.2 Å². The van der Waals surface area contributed by atoms with E-state index in [0.29, 0.717) is 31.2 Å². The largest absolute Gasteiger partial charge is 0.490 e. The predicted octanol–water partition coefficient (Wildman–Crippen LogP) is 4.17. The van der Waals surface area contributed by atoms with Gasteiger partial charge in [0, 0.05) is 6.20 Å². The van der Waals surface area contributed by atoms with Crippen LogP contribution in [0.3, 0.4) is 0 Å². The van der Waals surface area contributed by atoms with E-state index in [0.717, 1.165) is 42.5 Å². The highest BCUT2D eigenvalue weighted by atomic mass is 16.5. The third-order valence-electron chi connectivity index (χ3n) is 5.31. The van der Waals surface area contributed by atoms with E-state index >= 15 is 0 Å². The molecule has 1 aliphatic rings. The van der Waals surface area contributed by atoms with Crippen molar-refractivity contribution >= 4 is 11.6 Å². The molecule has 0 bridgehead atoms. The van der Waals surface area contributed by atoms with Crippen LogP contribution < -0.4 is 14.8 Å². The van der Waals surface area contributed by atoms with E-state index in [9.17, 15) is 4.79 Å². The molecule has 0 unspecified atom stereocenters. The van der Waals surface area contributed by atoms with E-state index in [-0.39, 0.29) is 5.91 Å². The molecular formula is C24H30N4O4. The van der Waals surface area contributed by atoms with Crippen molar-refractivity contribution < 1.29 is 18.7 Å². The summed E-state index contributed by atoms with van der Waals surface area (Å²) in [5.74, 6) is 2.29. The first-order valence-corrected chi connectivity index (χ1v) is 11.2. The van der Waals surface area contributed by atoms with Crippen LogP contribution in [-0.2, 0) is 13.1 Å². The molecular weight excluding hydrogens is 408 g/mol. The van der Waals surface area contributed by atoms with E-state index in [1.807, 2.05) is 38.1 Å². The molecule has 1 saturated heterocycles. The molecule has 32 heavy (non-hydrogen) atoms. The molecule has 0 spiro atoms. The van der Waals surface area contributed by atoms with Gasteiger partial charge >= 0.3 is 0 Å². The predicted molar refractivity (Wildman–Crippen MR) is 121 cm³/mol. The maximum Gasteiger partial charge on any atom is 0.291 e. The molecule has 8 nitrogen and oxygen atoms in total. The number of amides is 1. The number of nitrogens with zero attached hydrogens (tertiary/aromatic N) is 3. The maximum atomic E-state index is 12.6. The second-order valence-corrected chi connectivity index (χ2v) is 7.78. The Morgan fingerprint density at radius 3 is 2.62 bits per heavy atom. The standard InChI is InChI=1S/C24H30N4O4/c1-3-30-21-9-7-18(13-23(21)31-4-2)15-28-16-19(14-25-28)26-24(29)22-10-8-20(32-22)17-27-11-5-6-12-27/h7-10,13-14,16H,3-6,11-12,15,17H2,1-2H3,(H,26,29). The summed E-state index contributed by atoms with van der Waals surface area (Å²) in [5, 5.41) is 7.21. The van der Waals surface area contributed by atoms with Gasteiger partial charge in [-0.3, -0.25) is 14.4 Å². The Morgan fingerprint density at radius 2 is 1.84 bits per heavy atom. The number of aromatic nitrogens is 2. The molecule has 0 atom stereocenters. The highest BCUT2D eigenvalue weighted by molar-refractivity contribution is 6.02. The first kappa shape index (κ1) is 22.0. The first-order chi connectivity index (χ1) is 15.6. The summed E-state index contributed by atoms with van der Waals surface area (Å²) in [6.45, 7) is 8.49. The Bertz CT molecular complexity index is 1040. The van der Waals surface area contributed by atoms with Gasteiger partial charge in [0.2, 0.25) is 0 Å². The number of ether oxygens (including phenoxy) is 2. The van der Waals surface area contributed by atoms with Crippen molar-refractivity contribution in [2.45, 2.75) is 39.8 Å². The first-order valence-electron chi connectivity index (χ1n) is 11.2. The smallest absolute Gasteiger partial charge is 0.291 e. The molecule has 1 N–H and O–H groups in total. The molecule has 3 heterocycles. The van der Waals surface area contributed by atoms with Crippen molar-refractivity contribution in [3.05, 3.63) is 59.8 Å². The summed E-state index contributed by atoms with van der Waals surface area (Å²) in [7, 11) is 0. The Labute approximate surface area is 188 Å². The average Bonchev–Trinajstić information content (AvgIpc) is 3.54. The van der Waals surface area contributed by atoms with Crippen LogP contribution in [-0.4, -0.2) is 46.9 Å². The van der Waals surface area contributed by atoms with Crippen LogP contribution in [0.2, 0.25) is 0 Å². The number of nitrogens with one attached hydrogen (secondary N) is 1. The minimum absolute atomic E-state index is 0.281. The van der Waals surface area contributed by atoms with Gasteiger partial charge in [-0.1, -0.05) is 6.07 Å². The van der Waals surface area contributed by atoms with Gasteiger partial charge in [-0.15, -0.1) is 0 Å². The molecule has 1 amide bonds. The van der Waals surface area contributed by atoms with E-state index in [4.69, 9.17) is 13.9 Å². The Hall–Kier alpha value is -3.26. The molecule has 0 aliphatic carbocycles. The van der Waals surface area contributed by atoms with Gasteiger partial charge in [-0.2, -0.15) is 5.10 Å². The molecule has 1 aromatic carbocycles. The zero-order valence-corrected chi connectivity index (χ0v) is 18.7. The zero-order valence-electron chi connectivity index (χ0n) is 18.7. The van der Waals surface area contributed by atoms with Crippen LogP contribution >= 0.6 is 0 Å². The van der Waals surface area contributed by atoms with E-state index in [1.165, 1.54) is 12.8 Å². The molecule has 1 fully saturated rings. The molecule has 3 aromatic rings. The lowest BCUT2D eigenvalue weighted by Crippen LogP contribution is -2.17. The molecule has 2 aromatic heterocycles. The number of hydrogen-bond acceptors (Lipinski definition) is 6. The number of carbonyl (C=O) groups is 1. The van der Waals surface area contributed by atoms with Crippen molar-refractivity contribution in [3.8, 4) is 11.5 Å². The molecule has 0 saturated carbocycles. The fourth-order valence-corrected chi connectivity index (χ4v) is 3.83.